The molecule has 0 saturated carbocycles. The third-order valence-electron chi connectivity index (χ3n) is 2.33. The lowest BCUT2D eigenvalue weighted by molar-refractivity contribution is -0.117. The molecule has 1 heterocycles. The minimum absolute atomic E-state index is 0.207. The Labute approximate surface area is 104 Å². The average Bonchev–Trinajstić information content (AvgIpc) is 2.35. The van der Waals surface area contributed by atoms with Crippen LogP contribution in [0.15, 0.2) is 23.8 Å². The molecular weight excluding hydrogens is 238 g/mol. The van der Waals surface area contributed by atoms with E-state index in [1.807, 2.05) is 0 Å². The first-order chi connectivity index (χ1) is 8.20. The highest BCUT2D eigenvalue weighted by Gasteiger charge is 2.16. The van der Waals surface area contributed by atoms with E-state index < -0.39 is 0 Å². The molecule has 3 nitrogen and oxygen atoms in total. The molecule has 1 amide bonds. The summed E-state index contributed by atoms with van der Waals surface area (Å²) in [6.45, 7) is 0.448. The topological polar surface area (TPSA) is 38.3 Å². The number of hydrogen-bond acceptors (Lipinski definition) is 2. The van der Waals surface area contributed by atoms with Gasteiger partial charge in [-0.15, -0.1) is 6.42 Å². The van der Waals surface area contributed by atoms with Gasteiger partial charge in [0.25, 0.3) is 5.91 Å². The van der Waals surface area contributed by atoms with Crippen LogP contribution in [0.4, 0.5) is 0 Å². The van der Waals surface area contributed by atoms with E-state index in [9.17, 15) is 4.79 Å². The maximum absolute atomic E-state index is 11.7. The summed E-state index contributed by atoms with van der Waals surface area (Å²) < 4.78 is 5.45. The zero-order valence-corrected chi connectivity index (χ0v) is 9.75. The first kappa shape index (κ1) is 11.6. The molecule has 1 N–H and O–H groups in total. The van der Waals surface area contributed by atoms with Crippen LogP contribution in [0.5, 0.6) is 5.75 Å². The normalized spacial score (nSPS) is 12.8. The van der Waals surface area contributed by atoms with Crippen molar-refractivity contribution >= 4 is 23.6 Å². The van der Waals surface area contributed by atoms with Crippen molar-refractivity contribution in [3.8, 4) is 18.1 Å². The summed E-state index contributed by atoms with van der Waals surface area (Å²) in [6.07, 6.45) is 6.83. The van der Waals surface area contributed by atoms with Crippen LogP contribution in [0.25, 0.3) is 6.08 Å². The SMILES string of the molecule is C#CCNC(=O)C1=Cc2cc(Cl)ccc2OC1. The van der Waals surface area contributed by atoms with Gasteiger partial charge in [0.1, 0.15) is 12.4 Å². The number of carbonyl (C=O) groups excluding carboxylic acids is 1. The Kier molecular flexibility index (Phi) is 3.36. The van der Waals surface area contributed by atoms with Crippen LogP contribution in [-0.2, 0) is 4.79 Å². The van der Waals surface area contributed by atoms with E-state index in [0.717, 1.165) is 11.3 Å². The molecule has 0 unspecified atom stereocenters. The number of terminal acetylenes is 1. The van der Waals surface area contributed by atoms with Gasteiger partial charge >= 0.3 is 0 Å². The Balaban J connectivity index is 2.23. The number of rotatable bonds is 2. The van der Waals surface area contributed by atoms with Crippen LogP contribution in [-0.4, -0.2) is 19.1 Å². The molecule has 0 spiro atoms. The number of halogens is 1. The van der Waals surface area contributed by atoms with E-state index in [1.165, 1.54) is 0 Å². The Hall–Kier alpha value is -1.92. The van der Waals surface area contributed by atoms with Crippen LogP contribution in [0.3, 0.4) is 0 Å². The van der Waals surface area contributed by atoms with Crippen molar-refractivity contribution in [3.05, 3.63) is 34.4 Å². The van der Waals surface area contributed by atoms with Crippen LogP contribution in [0, 0.1) is 12.3 Å². The fraction of sp³-hybridized carbons (Fsp3) is 0.154. The van der Waals surface area contributed by atoms with Gasteiger partial charge in [-0.1, -0.05) is 17.5 Å². The quantitative estimate of drug-likeness (QED) is 0.811. The molecule has 0 radical (unpaired) electrons. The first-order valence-corrected chi connectivity index (χ1v) is 5.43. The van der Waals surface area contributed by atoms with Crippen molar-refractivity contribution in [2.75, 3.05) is 13.2 Å². The molecule has 0 atom stereocenters. The summed E-state index contributed by atoms with van der Waals surface area (Å²) in [5, 5.41) is 3.20. The van der Waals surface area contributed by atoms with Gasteiger partial charge in [0.15, 0.2) is 0 Å². The molecule has 17 heavy (non-hydrogen) atoms. The number of amides is 1. The molecular formula is C13H10ClNO2. The van der Waals surface area contributed by atoms with E-state index in [2.05, 4.69) is 11.2 Å². The van der Waals surface area contributed by atoms with Crippen molar-refractivity contribution < 1.29 is 9.53 Å². The third kappa shape index (κ3) is 2.61. The van der Waals surface area contributed by atoms with Crippen molar-refractivity contribution in [1.82, 2.24) is 5.32 Å². The van der Waals surface area contributed by atoms with Gasteiger partial charge in [-0.25, -0.2) is 0 Å². The molecule has 0 bridgehead atoms. The summed E-state index contributed by atoms with van der Waals surface area (Å²) in [5.41, 5.74) is 1.34. The van der Waals surface area contributed by atoms with Gasteiger partial charge in [0, 0.05) is 10.6 Å². The fourth-order valence-electron chi connectivity index (χ4n) is 1.52. The lowest BCUT2D eigenvalue weighted by atomic mass is 10.1. The lowest BCUT2D eigenvalue weighted by Gasteiger charge is -2.17. The second-order valence-corrected chi connectivity index (χ2v) is 3.96. The Bertz CT molecular complexity index is 529. The zero-order valence-electron chi connectivity index (χ0n) is 9.00. The van der Waals surface area contributed by atoms with Crippen molar-refractivity contribution in [3.63, 3.8) is 0 Å². The third-order valence-corrected chi connectivity index (χ3v) is 2.56. The number of benzene rings is 1. The van der Waals surface area contributed by atoms with Crippen LogP contribution in [0.2, 0.25) is 5.02 Å². The maximum atomic E-state index is 11.7. The highest BCUT2D eigenvalue weighted by Crippen LogP contribution is 2.28. The molecule has 0 fully saturated rings. The highest BCUT2D eigenvalue weighted by molar-refractivity contribution is 6.30. The smallest absolute Gasteiger partial charge is 0.251 e. The van der Waals surface area contributed by atoms with E-state index >= 15 is 0 Å². The van der Waals surface area contributed by atoms with E-state index in [-0.39, 0.29) is 19.1 Å². The van der Waals surface area contributed by atoms with Crippen LogP contribution < -0.4 is 10.1 Å². The Morgan fingerprint density at radius 2 is 2.41 bits per heavy atom. The predicted octanol–water partition coefficient (Wildman–Crippen LogP) is 1.87. The standard InChI is InChI=1S/C13H10ClNO2/c1-2-5-15-13(16)10-6-9-7-11(14)3-4-12(9)17-8-10/h1,3-4,6-7H,5,8H2,(H,15,16). The summed E-state index contributed by atoms with van der Waals surface area (Å²) in [6, 6.07) is 5.28. The van der Waals surface area contributed by atoms with Gasteiger partial charge in [-0.3, -0.25) is 4.79 Å². The van der Waals surface area contributed by atoms with Crippen LogP contribution >= 0.6 is 11.6 Å². The molecule has 2 rings (SSSR count). The number of ether oxygens (including phenoxy) is 1. The molecule has 1 aliphatic heterocycles. The minimum Gasteiger partial charge on any atom is -0.488 e. The minimum atomic E-state index is -0.214. The van der Waals surface area contributed by atoms with E-state index in [1.54, 1.807) is 24.3 Å². The number of carbonyl (C=O) groups is 1. The lowest BCUT2D eigenvalue weighted by Crippen LogP contribution is -2.28. The van der Waals surface area contributed by atoms with Crippen molar-refractivity contribution in [2.45, 2.75) is 0 Å². The van der Waals surface area contributed by atoms with Crippen molar-refractivity contribution in [2.24, 2.45) is 0 Å². The van der Waals surface area contributed by atoms with Gasteiger partial charge in [0.05, 0.1) is 12.1 Å². The van der Waals surface area contributed by atoms with Gasteiger partial charge in [0.2, 0.25) is 0 Å². The summed E-state index contributed by atoms with van der Waals surface area (Å²) in [4.78, 5) is 11.7. The molecule has 1 aliphatic rings. The van der Waals surface area contributed by atoms with Gasteiger partial charge in [-0.2, -0.15) is 0 Å². The average molecular weight is 248 g/mol. The van der Waals surface area contributed by atoms with Gasteiger partial charge < -0.3 is 10.1 Å². The molecule has 86 valence electrons. The molecule has 1 aromatic rings. The first-order valence-electron chi connectivity index (χ1n) is 5.05. The van der Waals surface area contributed by atoms with Crippen molar-refractivity contribution in [1.29, 1.82) is 0 Å². The predicted molar refractivity (Wildman–Crippen MR) is 66.8 cm³/mol. The number of hydrogen-bond donors (Lipinski definition) is 1. The van der Waals surface area contributed by atoms with E-state index in [0.29, 0.717) is 10.6 Å². The molecule has 1 aromatic carbocycles. The molecule has 0 aliphatic carbocycles. The van der Waals surface area contributed by atoms with E-state index in [4.69, 9.17) is 22.8 Å². The number of fused-ring (bicyclic) bond motifs is 1. The Morgan fingerprint density at radius 3 is 3.18 bits per heavy atom. The summed E-state index contributed by atoms with van der Waals surface area (Å²) in [7, 11) is 0. The second kappa shape index (κ2) is 4.94. The molecule has 4 heteroatoms. The molecule has 0 aromatic heterocycles. The summed E-state index contributed by atoms with van der Waals surface area (Å²) in [5.74, 6) is 2.86. The number of nitrogens with one attached hydrogen (secondary N) is 1. The second-order valence-electron chi connectivity index (χ2n) is 3.53. The maximum Gasteiger partial charge on any atom is 0.251 e. The monoisotopic (exact) mass is 247 g/mol. The molecule has 0 saturated heterocycles. The summed E-state index contributed by atoms with van der Waals surface area (Å²) >= 11 is 5.88. The zero-order chi connectivity index (χ0) is 12.3. The van der Waals surface area contributed by atoms with Gasteiger partial charge in [-0.05, 0) is 24.3 Å². The highest BCUT2D eigenvalue weighted by atomic mass is 35.5. The Morgan fingerprint density at radius 1 is 1.59 bits per heavy atom. The largest absolute Gasteiger partial charge is 0.488 e. The van der Waals surface area contributed by atoms with Crippen LogP contribution in [0.1, 0.15) is 5.56 Å². The fourth-order valence-corrected chi connectivity index (χ4v) is 1.70.